The second kappa shape index (κ2) is 10.2. The number of carboxylic acid groups (broad SMARTS) is 1. The molecular weight excluding hydrogens is 382 g/mol. The molecule has 2 aliphatic heterocycles. The van der Waals surface area contributed by atoms with Gasteiger partial charge < -0.3 is 31.7 Å². The van der Waals surface area contributed by atoms with E-state index in [4.69, 9.17) is 10.8 Å². The summed E-state index contributed by atoms with van der Waals surface area (Å²) in [4.78, 5) is 61.2. The van der Waals surface area contributed by atoms with Crippen LogP contribution in [0, 0.1) is 0 Å². The Hall–Kier alpha value is -2.69. The fourth-order valence-electron chi connectivity index (χ4n) is 3.61. The third-order valence-electron chi connectivity index (χ3n) is 5.24. The number of carboxylic acids is 1. The number of rotatable bonds is 9. The van der Waals surface area contributed by atoms with E-state index in [1.54, 1.807) is 4.90 Å². The molecule has 2 aliphatic rings. The van der Waals surface area contributed by atoms with Gasteiger partial charge in [0, 0.05) is 13.0 Å². The van der Waals surface area contributed by atoms with Crippen LogP contribution < -0.4 is 21.7 Å². The van der Waals surface area contributed by atoms with Gasteiger partial charge in [0.2, 0.25) is 23.6 Å². The molecule has 11 heteroatoms. The summed E-state index contributed by atoms with van der Waals surface area (Å²) in [6.45, 7) is 2.70. The highest BCUT2D eigenvalue weighted by Gasteiger charge is 2.38. The maximum atomic E-state index is 12.6. The van der Waals surface area contributed by atoms with Crippen LogP contribution in [0.2, 0.25) is 0 Å². The zero-order valence-electron chi connectivity index (χ0n) is 16.5. The number of hydrogen-bond acceptors (Lipinski definition) is 6. The number of carbonyl (C=O) groups is 5. The molecule has 2 saturated heterocycles. The van der Waals surface area contributed by atoms with Gasteiger partial charge in [0.05, 0.1) is 6.04 Å². The van der Waals surface area contributed by atoms with Crippen LogP contribution in [0.3, 0.4) is 0 Å². The second-order valence-electron chi connectivity index (χ2n) is 7.47. The van der Waals surface area contributed by atoms with E-state index >= 15 is 0 Å². The maximum absolute atomic E-state index is 12.6. The number of aliphatic carboxylic acids is 1. The number of nitrogens with two attached hydrogens (primary N) is 1. The van der Waals surface area contributed by atoms with Crippen molar-refractivity contribution in [3.05, 3.63) is 0 Å². The molecule has 0 saturated carbocycles. The van der Waals surface area contributed by atoms with Crippen molar-refractivity contribution in [2.75, 3.05) is 13.1 Å². The Kier molecular flexibility index (Phi) is 7.94. The molecule has 0 spiro atoms. The first-order valence-corrected chi connectivity index (χ1v) is 9.86. The van der Waals surface area contributed by atoms with Crippen molar-refractivity contribution >= 4 is 29.6 Å². The Morgan fingerprint density at radius 3 is 2.48 bits per heavy atom. The number of primary amides is 1. The molecule has 11 nitrogen and oxygen atoms in total. The van der Waals surface area contributed by atoms with Crippen LogP contribution in [0.5, 0.6) is 0 Å². The van der Waals surface area contributed by atoms with E-state index in [0.717, 1.165) is 19.4 Å². The van der Waals surface area contributed by atoms with Crippen molar-refractivity contribution in [1.29, 1.82) is 0 Å². The number of carbonyl (C=O) groups excluding carboxylic acids is 4. The van der Waals surface area contributed by atoms with Crippen LogP contribution in [0.15, 0.2) is 0 Å². The van der Waals surface area contributed by atoms with Crippen molar-refractivity contribution in [1.82, 2.24) is 20.9 Å². The SMILES string of the molecule is CC(NC(=O)C1CCCN1C(=O)C1CCCN1)C(=O)NC(CCC(N)=O)C(=O)O. The monoisotopic (exact) mass is 411 g/mol. The van der Waals surface area contributed by atoms with Crippen LogP contribution >= 0.6 is 0 Å². The molecule has 0 radical (unpaired) electrons. The molecule has 0 aromatic rings. The van der Waals surface area contributed by atoms with E-state index in [9.17, 15) is 24.0 Å². The van der Waals surface area contributed by atoms with E-state index < -0.39 is 41.8 Å². The number of nitrogens with zero attached hydrogens (tertiary/aromatic N) is 1. The molecule has 0 aliphatic carbocycles. The summed E-state index contributed by atoms with van der Waals surface area (Å²) in [5.41, 5.74) is 5.01. The van der Waals surface area contributed by atoms with E-state index in [0.29, 0.717) is 19.4 Å². The molecule has 0 bridgehead atoms. The molecule has 162 valence electrons. The van der Waals surface area contributed by atoms with E-state index in [2.05, 4.69) is 16.0 Å². The summed E-state index contributed by atoms with van der Waals surface area (Å²) in [6.07, 6.45) is 2.53. The third kappa shape index (κ3) is 6.14. The summed E-state index contributed by atoms with van der Waals surface area (Å²) in [6, 6.07) is -3.21. The number of amides is 4. The lowest BCUT2D eigenvalue weighted by Gasteiger charge is -2.27. The highest BCUT2D eigenvalue weighted by Crippen LogP contribution is 2.21. The first-order chi connectivity index (χ1) is 13.7. The van der Waals surface area contributed by atoms with Gasteiger partial charge in [0.1, 0.15) is 18.1 Å². The highest BCUT2D eigenvalue weighted by molar-refractivity contribution is 5.94. The summed E-state index contributed by atoms with van der Waals surface area (Å²) in [7, 11) is 0. The lowest BCUT2D eigenvalue weighted by Crippen LogP contribution is -2.55. The second-order valence-corrected chi connectivity index (χ2v) is 7.47. The van der Waals surface area contributed by atoms with Gasteiger partial charge in [0.15, 0.2) is 0 Å². The molecule has 4 atom stereocenters. The first-order valence-electron chi connectivity index (χ1n) is 9.86. The van der Waals surface area contributed by atoms with Crippen LogP contribution in [0.1, 0.15) is 45.4 Å². The van der Waals surface area contributed by atoms with Gasteiger partial charge >= 0.3 is 5.97 Å². The topological polar surface area (TPSA) is 171 Å². The van der Waals surface area contributed by atoms with Gasteiger partial charge in [0.25, 0.3) is 0 Å². The van der Waals surface area contributed by atoms with Crippen molar-refractivity contribution in [3.63, 3.8) is 0 Å². The van der Waals surface area contributed by atoms with Crippen molar-refractivity contribution < 1.29 is 29.1 Å². The summed E-state index contributed by atoms with van der Waals surface area (Å²) in [5, 5.41) is 17.1. The van der Waals surface area contributed by atoms with Crippen LogP contribution in [0.4, 0.5) is 0 Å². The van der Waals surface area contributed by atoms with Crippen molar-refractivity contribution in [3.8, 4) is 0 Å². The van der Waals surface area contributed by atoms with Gasteiger partial charge in [-0.15, -0.1) is 0 Å². The Bertz CT molecular complexity index is 663. The van der Waals surface area contributed by atoms with Gasteiger partial charge in [-0.3, -0.25) is 19.2 Å². The molecular formula is C18H29N5O6. The standard InChI is InChI=1S/C18H29N5O6/c1-10(15(25)22-12(18(28)29)6-7-14(19)24)21-16(26)13-5-3-9-23(13)17(27)11-4-2-8-20-11/h10-13,20H,2-9H2,1H3,(H2,19,24)(H,21,26)(H,22,25)(H,28,29). The smallest absolute Gasteiger partial charge is 0.326 e. The molecule has 6 N–H and O–H groups in total. The van der Waals surface area contributed by atoms with E-state index in [-0.39, 0.29) is 24.8 Å². The fourth-order valence-corrected chi connectivity index (χ4v) is 3.61. The Labute approximate surface area is 168 Å². The van der Waals surface area contributed by atoms with Crippen molar-refractivity contribution in [2.45, 2.75) is 69.6 Å². The van der Waals surface area contributed by atoms with Crippen molar-refractivity contribution in [2.24, 2.45) is 5.73 Å². The molecule has 2 rings (SSSR count). The minimum absolute atomic E-state index is 0.102. The zero-order chi connectivity index (χ0) is 21.6. The average Bonchev–Trinajstić information content (AvgIpc) is 3.35. The molecule has 4 amide bonds. The fraction of sp³-hybridized carbons (Fsp3) is 0.722. The third-order valence-corrected chi connectivity index (χ3v) is 5.24. The minimum atomic E-state index is -1.30. The van der Waals surface area contributed by atoms with Gasteiger partial charge in [-0.25, -0.2) is 4.79 Å². The van der Waals surface area contributed by atoms with Crippen LogP contribution in [0.25, 0.3) is 0 Å². The normalized spacial score (nSPS) is 23.3. The Morgan fingerprint density at radius 2 is 1.90 bits per heavy atom. The van der Waals surface area contributed by atoms with Gasteiger partial charge in [-0.2, -0.15) is 0 Å². The Balaban J connectivity index is 1.90. The molecule has 29 heavy (non-hydrogen) atoms. The van der Waals surface area contributed by atoms with Gasteiger partial charge in [-0.05, 0) is 45.6 Å². The lowest BCUT2D eigenvalue weighted by molar-refractivity contribution is -0.143. The predicted octanol–water partition coefficient (Wildman–Crippen LogP) is -1.93. The first kappa shape index (κ1) is 22.6. The minimum Gasteiger partial charge on any atom is -0.480 e. The largest absolute Gasteiger partial charge is 0.480 e. The molecule has 4 unspecified atom stereocenters. The summed E-state index contributed by atoms with van der Waals surface area (Å²) < 4.78 is 0. The number of nitrogens with one attached hydrogen (secondary N) is 3. The average molecular weight is 411 g/mol. The van der Waals surface area contributed by atoms with E-state index in [1.807, 2.05) is 0 Å². The van der Waals surface area contributed by atoms with Gasteiger partial charge in [-0.1, -0.05) is 0 Å². The molecule has 2 heterocycles. The lowest BCUT2D eigenvalue weighted by atomic mass is 10.1. The summed E-state index contributed by atoms with van der Waals surface area (Å²) in [5.74, 6) is -3.21. The summed E-state index contributed by atoms with van der Waals surface area (Å²) >= 11 is 0. The maximum Gasteiger partial charge on any atom is 0.326 e. The molecule has 0 aromatic heterocycles. The molecule has 0 aromatic carbocycles. The van der Waals surface area contributed by atoms with Crippen LogP contribution in [-0.2, 0) is 24.0 Å². The highest BCUT2D eigenvalue weighted by atomic mass is 16.4. The number of hydrogen-bond donors (Lipinski definition) is 5. The van der Waals surface area contributed by atoms with Crippen LogP contribution in [-0.4, -0.2) is 76.9 Å². The number of likely N-dealkylation sites (tertiary alicyclic amines) is 1. The van der Waals surface area contributed by atoms with E-state index in [1.165, 1.54) is 6.92 Å². The zero-order valence-corrected chi connectivity index (χ0v) is 16.5. The predicted molar refractivity (Wildman–Crippen MR) is 101 cm³/mol. The Morgan fingerprint density at radius 1 is 1.17 bits per heavy atom. The molecule has 2 fully saturated rings. The quantitative estimate of drug-likeness (QED) is 0.294.